The molecule has 0 aromatic carbocycles. The molecule has 0 fully saturated rings. The third kappa shape index (κ3) is 8.04. The number of aliphatic hydroxyl groups is 1. The van der Waals surface area contributed by atoms with Crippen LogP contribution in [0.2, 0.25) is 0 Å². The van der Waals surface area contributed by atoms with E-state index >= 15 is 0 Å². The van der Waals surface area contributed by atoms with Crippen LogP contribution in [0.4, 0.5) is 0 Å². The van der Waals surface area contributed by atoms with Crippen LogP contribution in [0.1, 0.15) is 26.7 Å². The minimum absolute atomic E-state index is 0.166. The molecule has 0 aliphatic carbocycles. The van der Waals surface area contributed by atoms with Crippen molar-refractivity contribution >= 4 is 24.4 Å². The van der Waals surface area contributed by atoms with E-state index in [1.165, 1.54) is 6.92 Å². The Balaban J connectivity index is 3.79. The molecule has 0 bridgehead atoms. The first kappa shape index (κ1) is 16.2. The van der Waals surface area contributed by atoms with Crippen LogP contribution in [-0.4, -0.2) is 41.9 Å². The Morgan fingerprint density at radius 2 is 2.06 bits per heavy atom. The van der Waals surface area contributed by atoms with Gasteiger partial charge >= 0.3 is 0 Å². The fourth-order valence-corrected chi connectivity index (χ4v) is 1.57. The molecule has 0 saturated carbocycles. The maximum atomic E-state index is 11.6. The van der Waals surface area contributed by atoms with Gasteiger partial charge in [-0.15, -0.1) is 0 Å². The van der Waals surface area contributed by atoms with Gasteiger partial charge in [-0.1, -0.05) is 6.92 Å². The average molecular weight is 262 g/mol. The zero-order valence-corrected chi connectivity index (χ0v) is 11.3. The first-order valence-electron chi connectivity index (χ1n) is 5.77. The van der Waals surface area contributed by atoms with Crippen molar-refractivity contribution in [2.45, 2.75) is 32.7 Å². The van der Waals surface area contributed by atoms with Crippen molar-refractivity contribution in [3.8, 4) is 0 Å². The highest BCUT2D eigenvalue weighted by molar-refractivity contribution is 7.80. The molecule has 2 atom stereocenters. The van der Waals surface area contributed by atoms with Crippen molar-refractivity contribution in [3.05, 3.63) is 0 Å². The number of aliphatic hydroxyl groups excluding tert-OH is 1. The molecule has 17 heavy (non-hydrogen) atoms. The number of hydrogen-bond acceptors (Lipinski definition) is 4. The summed E-state index contributed by atoms with van der Waals surface area (Å²) in [5, 5.41) is 14.1. The quantitative estimate of drug-likeness (QED) is 0.366. The second kappa shape index (κ2) is 9.30. The number of carbonyl (C=O) groups excluding carboxylic acids is 2. The van der Waals surface area contributed by atoms with E-state index in [1.54, 1.807) is 0 Å². The second-order valence-corrected chi connectivity index (χ2v) is 4.52. The van der Waals surface area contributed by atoms with Crippen molar-refractivity contribution in [1.82, 2.24) is 10.6 Å². The van der Waals surface area contributed by atoms with Crippen LogP contribution in [0.3, 0.4) is 0 Å². The van der Waals surface area contributed by atoms with Gasteiger partial charge < -0.3 is 15.7 Å². The van der Waals surface area contributed by atoms with Crippen LogP contribution in [0.15, 0.2) is 0 Å². The largest absolute Gasteiger partial charge is 0.396 e. The van der Waals surface area contributed by atoms with Gasteiger partial charge in [-0.2, -0.15) is 12.6 Å². The number of nitrogens with one attached hydrogen (secondary N) is 2. The van der Waals surface area contributed by atoms with E-state index in [-0.39, 0.29) is 30.1 Å². The van der Waals surface area contributed by atoms with Crippen molar-refractivity contribution in [2.24, 2.45) is 5.92 Å². The van der Waals surface area contributed by atoms with E-state index in [1.807, 2.05) is 6.92 Å². The molecule has 0 aliphatic rings. The SMILES string of the molecule is CC(=O)NC(CS)C(=O)NCCCC(C)CO. The van der Waals surface area contributed by atoms with E-state index in [0.717, 1.165) is 12.8 Å². The smallest absolute Gasteiger partial charge is 0.243 e. The molecular formula is C11H22N2O3S. The molecule has 0 aliphatic heterocycles. The van der Waals surface area contributed by atoms with Gasteiger partial charge in [0.1, 0.15) is 6.04 Å². The molecule has 0 saturated heterocycles. The number of amides is 2. The van der Waals surface area contributed by atoms with E-state index in [2.05, 4.69) is 23.3 Å². The Morgan fingerprint density at radius 3 is 2.53 bits per heavy atom. The highest BCUT2D eigenvalue weighted by atomic mass is 32.1. The lowest BCUT2D eigenvalue weighted by atomic mass is 10.1. The normalized spacial score (nSPS) is 13.9. The molecule has 3 N–H and O–H groups in total. The zero-order chi connectivity index (χ0) is 13.3. The van der Waals surface area contributed by atoms with Crippen LogP contribution < -0.4 is 10.6 Å². The Morgan fingerprint density at radius 1 is 1.41 bits per heavy atom. The summed E-state index contributed by atoms with van der Waals surface area (Å²) in [7, 11) is 0. The molecule has 0 aromatic rings. The summed E-state index contributed by atoms with van der Waals surface area (Å²) >= 11 is 4.01. The van der Waals surface area contributed by atoms with Crippen LogP contribution in [0.5, 0.6) is 0 Å². The predicted octanol–water partition coefficient (Wildman–Crippen LogP) is -0.0543. The summed E-state index contributed by atoms with van der Waals surface area (Å²) < 4.78 is 0. The third-order valence-corrected chi connectivity index (χ3v) is 2.73. The Bertz CT molecular complexity index is 249. The summed E-state index contributed by atoms with van der Waals surface area (Å²) in [5.74, 6) is 0.0706. The molecule has 2 unspecified atom stereocenters. The highest BCUT2D eigenvalue weighted by Crippen LogP contribution is 2.02. The summed E-state index contributed by atoms with van der Waals surface area (Å²) in [4.78, 5) is 22.4. The molecule has 0 spiro atoms. The zero-order valence-electron chi connectivity index (χ0n) is 10.4. The lowest BCUT2D eigenvalue weighted by Crippen LogP contribution is -2.47. The summed E-state index contributed by atoms with van der Waals surface area (Å²) in [5.41, 5.74) is 0. The van der Waals surface area contributed by atoms with Crippen LogP contribution in [-0.2, 0) is 9.59 Å². The van der Waals surface area contributed by atoms with Gasteiger partial charge in [-0.05, 0) is 18.8 Å². The molecule has 0 heterocycles. The maximum Gasteiger partial charge on any atom is 0.243 e. The van der Waals surface area contributed by atoms with Gasteiger partial charge in [0.2, 0.25) is 11.8 Å². The van der Waals surface area contributed by atoms with Gasteiger partial charge in [-0.3, -0.25) is 9.59 Å². The average Bonchev–Trinajstić information content (AvgIpc) is 2.30. The molecular weight excluding hydrogens is 240 g/mol. The number of carbonyl (C=O) groups is 2. The van der Waals surface area contributed by atoms with E-state index < -0.39 is 6.04 Å². The van der Waals surface area contributed by atoms with E-state index in [9.17, 15) is 9.59 Å². The topological polar surface area (TPSA) is 78.4 Å². The van der Waals surface area contributed by atoms with Crippen LogP contribution in [0, 0.1) is 5.92 Å². The fourth-order valence-electron chi connectivity index (χ4n) is 1.32. The van der Waals surface area contributed by atoms with E-state index in [0.29, 0.717) is 6.54 Å². The summed E-state index contributed by atoms with van der Waals surface area (Å²) in [6.07, 6.45) is 1.68. The van der Waals surface area contributed by atoms with Gasteiger partial charge in [0.15, 0.2) is 0 Å². The van der Waals surface area contributed by atoms with Crippen molar-refractivity contribution < 1.29 is 14.7 Å². The minimum atomic E-state index is -0.578. The lowest BCUT2D eigenvalue weighted by Gasteiger charge is -2.15. The molecule has 2 amide bonds. The first-order chi connectivity index (χ1) is 8.01. The van der Waals surface area contributed by atoms with E-state index in [4.69, 9.17) is 5.11 Å². The number of thiol groups is 1. The van der Waals surface area contributed by atoms with Gasteiger partial charge in [0.25, 0.3) is 0 Å². The Labute approximate surface area is 108 Å². The van der Waals surface area contributed by atoms with Crippen LogP contribution in [0.25, 0.3) is 0 Å². The molecule has 6 heteroatoms. The van der Waals surface area contributed by atoms with Crippen molar-refractivity contribution in [3.63, 3.8) is 0 Å². The number of rotatable bonds is 8. The third-order valence-electron chi connectivity index (χ3n) is 2.36. The lowest BCUT2D eigenvalue weighted by molar-refractivity contribution is -0.127. The molecule has 0 aromatic heterocycles. The van der Waals surface area contributed by atoms with Gasteiger partial charge in [0.05, 0.1) is 0 Å². The van der Waals surface area contributed by atoms with Gasteiger partial charge in [0, 0.05) is 25.8 Å². The summed E-state index contributed by atoms with van der Waals surface area (Å²) in [6, 6.07) is -0.578. The molecule has 5 nitrogen and oxygen atoms in total. The van der Waals surface area contributed by atoms with Gasteiger partial charge in [-0.25, -0.2) is 0 Å². The van der Waals surface area contributed by atoms with Crippen molar-refractivity contribution in [1.29, 1.82) is 0 Å². The monoisotopic (exact) mass is 262 g/mol. The Hall–Kier alpha value is -0.750. The molecule has 0 radical (unpaired) electrons. The fraction of sp³-hybridized carbons (Fsp3) is 0.818. The standard InChI is InChI=1S/C11H22N2O3S/c1-8(6-14)4-3-5-12-11(16)10(7-17)13-9(2)15/h8,10,14,17H,3-7H2,1-2H3,(H,12,16)(H,13,15). The second-order valence-electron chi connectivity index (χ2n) is 4.16. The summed E-state index contributed by atoms with van der Waals surface area (Å²) in [6.45, 7) is 4.04. The minimum Gasteiger partial charge on any atom is -0.396 e. The molecule has 100 valence electrons. The predicted molar refractivity (Wildman–Crippen MR) is 70.0 cm³/mol. The Kier molecular flexibility index (Phi) is 8.89. The highest BCUT2D eigenvalue weighted by Gasteiger charge is 2.16. The maximum absolute atomic E-state index is 11.6. The van der Waals surface area contributed by atoms with Crippen LogP contribution >= 0.6 is 12.6 Å². The first-order valence-corrected chi connectivity index (χ1v) is 6.41. The van der Waals surface area contributed by atoms with Crippen molar-refractivity contribution in [2.75, 3.05) is 18.9 Å². The number of hydrogen-bond donors (Lipinski definition) is 4. The molecule has 0 rings (SSSR count).